The van der Waals surface area contributed by atoms with Crippen molar-refractivity contribution in [2.24, 2.45) is 21.7 Å². The number of ketones is 2. The highest BCUT2D eigenvalue weighted by atomic mass is 16.1. The molecule has 2 aliphatic rings. The highest BCUT2D eigenvalue weighted by molar-refractivity contribution is 6.14. The van der Waals surface area contributed by atoms with Crippen LogP contribution in [0, 0.1) is 27.6 Å². The molecule has 0 radical (unpaired) electrons. The van der Waals surface area contributed by atoms with E-state index in [4.69, 9.17) is 0 Å². The highest BCUT2D eigenvalue weighted by Crippen LogP contribution is 2.48. The van der Waals surface area contributed by atoms with E-state index >= 15 is 0 Å². The van der Waals surface area contributed by atoms with Gasteiger partial charge in [-0.2, -0.15) is 0 Å². The number of allylic oxidation sites excluding steroid dienone is 10. The predicted molar refractivity (Wildman–Crippen MR) is 205 cm³/mol. The molecule has 3 rings (SSSR count). The lowest BCUT2D eigenvalue weighted by atomic mass is 9.66. The molecule has 0 saturated carbocycles. The first-order chi connectivity index (χ1) is 21.5. The summed E-state index contributed by atoms with van der Waals surface area (Å²) in [5.74, 6) is 0.950. The lowest BCUT2D eigenvalue weighted by Crippen LogP contribution is -2.33. The summed E-state index contributed by atoms with van der Waals surface area (Å²) in [6, 6.07) is 4.15. The Morgan fingerprint density at radius 3 is 1.35 bits per heavy atom. The molecule has 1 aromatic rings. The molecule has 0 aromatic heterocycles. The van der Waals surface area contributed by atoms with Crippen LogP contribution in [0.25, 0.3) is 5.57 Å². The number of hydrogen-bond acceptors (Lipinski definition) is 3. The van der Waals surface area contributed by atoms with Crippen molar-refractivity contribution < 1.29 is 9.59 Å². The summed E-state index contributed by atoms with van der Waals surface area (Å²) < 4.78 is 0. The van der Waals surface area contributed by atoms with E-state index in [1.807, 2.05) is 0 Å². The maximum atomic E-state index is 14.4. The van der Waals surface area contributed by atoms with Crippen LogP contribution in [-0.2, 0) is 20.4 Å². The van der Waals surface area contributed by atoms with Gasteiger partial charge in [0.2, 0.25) is 0 Å². The summed E-state index contributed by atoms with van der Waals surface area (Å²) in [6.45, 7) is 38.0. The number of carbonyl (C=O) groups excluding carboxylic acids is 2. The third-order valence-corrected chi connectivity index (χ3v) is 10.6. The van der Waals surface area contributed by atoms with E-state index < -0.39 is 21.7 Å². The van der Waals surface area contributed by atoms with Crippen molar-refractivity contribution in [3.05, 3.63) is 97.1 Å². The Kier molecular flexibility index (Phi) is 10.4. The molecule has 3 heteroatoms. The Morgan fingerprint density at radius 2 is 1.02 bits per heavy atom. The Labute approximate surface area is 293 Å². The van der Waals surface area contributed by atoms with Gasteiger partial charge < -0.3 is 4.79 Å². The van der Waals surface area contributed by atoms with Crippen molar-refractivity contribution in [3.63, 3.8) is 0 Å². The van der Waals surface area contributed by atoms with Gasteiger partial charge in [-0.1, -0.05) is 123 Å². The van der Waals surface area contributed by atoms with Crippen molar-refractivity contribution in [1.29, 1.82) is 0 Å². The molecule has 0 spiro atoms. The second-order valence-corrected chi connectivity index (χ2v) is 19.6. The van der Waals surface area contributed by atoms with Gasteiger partial charge >= 0.3 is 0 Å². The van der Waals surface area contributed by atoms with E-state index in [-0.39, 0.29) is 27.8 Å². The fraction of sp³-hybridized carbons (Fsp3) is 0.578. The van der Waals surface area contributed by atoms with Gasteiger partial charge in [0, 0.05) is 10.8 Å². The summed E-state index contributed by atoms with van der Waals surface area (Å²) in [5.41, 5.74) is 5.44. The molecular formula is C45H64O3. The molecule has 0 atom stereocenters. The normalized spacial score (nSPS) is 17.3. The topological polar surface area (TPSA) is 51.2 Å². The van der Waals surface area contributed by atoms with Crippen LogP contribution in [0.3, 0.4) is 0 Å². The van der Waals surface area contributed by atoms with Crippen molar-refractivity contribution in [1.82, 2.24) is 0 Å². The third kappa shape index (κ3) is 7.71. The van der Waals surface area contributed by atoms with E-state index in [2.05, 4.69) is 161 Å². The van der Waals surface area contributed by atoms with Crippen molar-refractivity contribution in [2.45, 2.75) is 148 Å². The number of Topliss-reactive ketones (excluding diaryl/α,β-unsaturated/α-hetero) is 2. The SMILES string of the molecule is CCC(C)(C)C1=CC(=C(C2=C[C+](C(C)(C)C)C(=O)C(C(C)(C)C)=C2)[c-]2cc(C(C)(C)C)c(=O)c(C(C)(C)C)c2)C=C(C(C)(C)CC)C1=O. The Hall–Kier alpha value is -3.07. The minimum absolute atomic E-state index is 0.0780. The van der Waals surface area contributed by atoms with Crippen LogP contribution < -0.4 is 5.43 Å². The van der Waals surface area contributed by atoms with Crippen LogP contribution in [0.5, 0.6) is 0 Å². The monoisotopic (exact) mass is 652 g/mol. The molecule has 0 saturated heterocycles. The summed E-state index contributed by atoms with van der Waals surface area (Å²) in [6.07, 6.45) is 9.99. The van der Waals surface area contributed by atoms with E-state index in [1.165, 1.54) is 0 Å². The average molecular weight is 653 g/mol. The third-order valence-electron chi connectivity index (χ3n) is 10.6. The second-order valence-electron chi connectivity index (χ2n) is 19.6. The molecular weight excluding hydrogens is 588 g/mol. The molecule has 0 heterocycles. The largest absolute Gasteiger partial charge is 0.307 e. The van der Waals surface area contributed by atoms with Gasteiger partial charge in [0.25, 0.3) is 5.78 Å². The maximum absolute atomic E-state index is 14.4. The van der Waals surface area contributed by atoms with Crippen LogP contribution in [0.2, 0.25) is 0 Å². The fourth-order valence-electron chi connectivity index (χ4n) is 6.43. The maximum Gasteiger partial charge on any atom is 0.288 e. The van der Waals surface area contributed by atoms with Gasteiger partial charge in [-0.25, -0.2) is 0 Å². The molecule has 2 aliphatic carbocycles. The molecule has 0 N–H and O–H groups in total. The Balaban J connectivity index is 2.77. The van der Waals surface area contributed by atoms with Gasteiger partial charge in [0.1, 0.15) is 5.43 Å². The first kappa shape index (κ1) is 39.4. The summed E-state index contributed by atoms with van der Waals surface area (Å²) in [4.78, 5) is 42.6. The van der Waals surface area contributed by atoms with Crippen molar-refractivity contribution in [3.8, 4) is 0 Å². The first-order valence-corrected chi connectivity index (χ1v) is 17.9. The summed E-state index contributed by atoms with van der Waals surface area (Å²) in [5, 5.41) is 0. The zero-order valence-corrected chi connectivity index (χ0v) is 33.6. The minimum atomic E-state index is -0.395. The minimum Gasteiger partial charge on any atom is -0.307 e. The molecule has 0 aliphatic heterocycles. The predicted octanol–water partition coefficient (Wildman–Crippen LogP) is 11.5. The molecule has 0 fully saturated rings. The average Bonchev–Trinajstić information content (AvgIpc) is 2.92. The van der Waals surface area contributed by atoms with Crippen molar-refractivity contribution >= 4 is 17.1 Å². The lowest BCUT2D eigenvalue weighted by molar-refractivity contribution is -0.116. The van der Waals surface area contributed by atoms with E-state index in [0.717, 1.165) is 68.9 Å². The molecule has 0 bridgehead atoms. The van der Waals surface area contributed by atoms with Crippen LogP contribution in [0.1, 0.15) is 154 Å². The highest BCUT2D eigenvalue weighted by Gasteiger charge is 2.44. The van der Waals surface area contributed by atoms with Gasteiger partial charge in [-0.15, -0.1) is 17.7 Å². The zero-order valence-electron chi connectivity index (χ0n) is 33.6. The van der Waals surface area contributed by atoms with Gasteiger partial charge in [-0.3, -0.25) is 9.59 Å². The smallest absolute Gasteiger partial charge is 0.288 e. The number of rotatable bonds is 6. The lowest BCUT2D eigenvalue weighted by Gasteiger charge is -2.37. The Morgan fingerprint density at radius 1 is 0.604 bits per heavy atom. The molecule has 3 nitrogen and oxygen atoms in total. The summed E-state index contributed by atoms with van der Waals surface area (Å²) in [7, 11) is 0. The number of benzene rings is 1. The quantitative estimate of drug-likeness (QED) is 0.287. The molecule has 1 aromatic carbocycles. The molecule has 48 heavy (non-hydrogen) atoms. The van der Waals surface area contributed by atoms with Crippen LogP contribution in [0.15, 0.2) is 69.1 Å². The zero-order chi connectivity index (χ0) is 37.2. The number of hydrogen-bond donors (Lipinski definition) is 0. The van der Waals surface area contributed by atoms with E-state index in [0.29, 0.717) is 0 Å². The molecule has 0 unspecified atom stereocenters. The summed E-state index contributed by atoms with van der Waals surface area (Å²) >= 11 is 0. The van der Waals surface area contributed by atoms with Gasteiger partial charge in [-0.05, 0) is 99.3 Å². The number of carbonyl (C=O) groups is 2. The van der Waals surface area contributed by atoms with Crippen molar-refractivity contribution in [2.75, 3.05) is 0 Å². The van der Waals surface area contributed by atoms with Crippen LogP contribution in [0.4, 0.5) is 0 Å². The fourth-order valence-corrected chi connectivity index (χ4v) is 6.43. The van der Waals surface area contributed by atoms with Gasteiger partial charge in [0.15, 0.2) is 5.78 Å². The van der Waals surface area contributed by atoms with Gasteiger partial charge in [0.05, 0.1) is 11.5 Å². The first-order valence-electron chi connectivity index (χ1n) is 17.9. The second kappa shape index (κ2) is 12.7. The van der Waals surface area contributed by atoms with E-state index in [1.54, 1.807) is 0 Å². The van der Waals surface area contributed by atoms with Crippen LogP contribution in [-0.4, -0.2) is 11.6 Å². The van der Waals surface area contributed by atoms with Crippen LogP contribution >= 0.6 is 0 Å². The molecule has 262 valence electrons. The standard InChI is InChI=1S/C45H64O3/c1-19-44(15,16)34-25-29(26-35(39(34)48)45(17,18)20-2)36(27-21-30(40(3,4)5)37(46)31(22-27)41(6,7)8)28-23-32(42(9,10)11)38(47)33(24-28)43(12,13)14/h21-26H,19-20H2,1-18H3. The Bertz CT molecular complexity index is 1610. The van der Waals surface area contributed by atoms with E-state index in [9.17, 15) is 14.4 Å². The molecule has 0 amide bonds.